The maximum Gasteiger partial charge on any atom is 0.0977 e. The standard InChI is InChI=1S/C24H21N7/c1-15-3-2-4-22(30-15)24-23(27-14-28-24)16-5-6-21-17(7-16)8-18(9-26-21)19-10-29-31(13-19)20-11-25-12-20/h2-10,13-14,20,25H,11-12H2,1H3,(H,27,28). The Morgan fingerprint density at radius 3 is 2.71 bits per heavy atom. The van der Waals surface area contributed by atoms with Gasteiger partial charge in [-0.25, -0.2) is 4.98 Å². The number of nitrogens with one attached hydrogen (secondary N) is 2. The number of H-pyrrole nitrogens is 1. The molecule has 0 bridgehead atoms. The molecule has 7 nitrogen and oxygen atoms in total. The molecule has 5 aromatic rings. The zero-order valence-electron chi connectivity index (χ0n) is 17.1. The molecule has 0 unspecified atom stereocenters. The second kappa shape index (κ2) is 7.14. The largest absolute Gasteiger partial charge is 0.343 e. The monoisotopic (exact) mass is 407 g/mol. The van der Waals surface area contributed by atoms with Crippen LogP contribution in [-0.2, 0) is 0 Å². The molecule has 0 saturated carbocycles. The summed E-state index contributed by atoms with van der Waals surface area (Å²) >= 11 is 0. The van der Waals surface area contributed by atoms with Crippen LogP contribution >= 0.6 is 0 Å². The number of rotatable bonds is 4. The average Bonchev–Trinajstić information content (AvgIpc) is 3.42. The summed E-state index contributed by atoms with van der Waals surface area (Å²) < 4.78 is 2.04. The third-order valence-electron chi connectivity index (χ3n) is 5.81. The summed E-state index contributed by atoms with van der Waals surface area (Å²) in [6, 6.07) is 14.9. The normalized spacial score (nSPS) is 14.1. The fourth-order valence-electron chi connectivity index (χ4n) is 3.97. The van der Waals surface area contributed by atoms with Crippen molar-refractivity contribution in [3.63, 3.8) is 0 Å². The van der Waals surface area contributed by atoms with Crippen LogP contribution in [0.5, 0.6) is 0 Å². The summed E-state index contributed by atoms with van der Waals surface area (Å²) in [5, 5.41) is 8.89. The molecule has 7 heteroatoms. The number of aryl methyl sites for hydroxylation is 1. The Morgan fingerprint density at radius 2 is 1.87 bits per heavy atom. The van der Waals surface area contributed by atoms with Gasteiger partial charge in [0.2, 0.25) is 0 Å². The Kier molecular flexibility index (Phi) is 4.14. The first-order valence-corrected chi connectivity index (χ1v) is 10.4. The van der Waals surface area contributed by atoms with Gasteiger partial charge < -0.3 is 10.3 Å². The molecule has 5 heterocycles. The van der Waals surface area contributed by atoms with Crippen molar-refractivity contribution in [2.24, 2.45) is 0 Å². The van der Waals surface area contributed by atoms with E-state index in [1.807, 2.05) is 48.3 Å². The average molecular weight is 407 g/mol. The minimum absolute atomic E-state index is 0.446. The van der Waals surface area contributed by atoms with Crippen molar-refractivity contribution < 1.29 is 0 Å². The van der Waals surface area contributed by atoms with Gasteiger partial charge in [0.05, 0.1) is 41.2 Å². The molecule has 31 heavy (non-hydrogen) atoms. The third-order valence-corrected chi connectivity index (χ3v) is 5.81. The van der Waals surface area contributed by atoms with Crippen LogP contribution in [0.2, 0.25) is 0 Å². The van der Waals surface area contributed by atoms with Crippen LogP contribution < -0.4 is 5.32 Å². The molecule has 1 fully saturated rings. The molecule has 1 aliphatic rings. The van der Waals surface area contributed by atoms with Gasteiger partial charge in [-0.3, -0.25) is 14.6 Å². The van der Waals surface area contributed by atoms with Crippen LogP contribution in [-0.4, -0.2) is 42.8 Å². The highest BCUT2D eigenvalue weighted by Crippen LogP contribution is 2.31. The highest BCUT2D eigenvalue weighted by Gasteiger charge is 2.19. The second-order valence-electron chi connectivity index (χ2n) is 7.94. The zero-order chi connectivity index (χ0) is 20.8. The molecule has 0 spiro atoms. The van der Waals surface area contributed by atoms with Gasteiger partial charge in [-0.1, -0.05) is 12.1 Å². The van der Waals surface area contributed by atoms with Crippen LogP contribution in [0.3, 0.4) is 0 Å². The van der Waals surface area contributed by atoms with E-state index in [1.54, 1.807) is 6.33 Å². The molecular formula is C24H21N7. The van der Waals surface area contributed by atoms with Crippen LogP contribution in [0.15, 0.2) is 67.4 Å². The van der Waals surface area contributed by atoms with Crippen molar-refractivity contribution in [3.05, 3.63) is 73.1 Å². The number of fused-ring (bicyclic) bond motifs is 1. The van der Waals surface area contributed by atoms with Crippen LogP contribution in [0.4, 0.5) is 0 Å². The Labute approximate surface area is 179 Å². The van der Waals surface area contributed by atoms with Crippen molar-refractivity contribution >= 4 is 10.9 Å². The van der Waals surface area contributed by atoms with Crippen molar-refractivity contribution in [2.75, 3.05) is 13.1 Å². The second-order valence-corrected chi connectivity index (χ2v) is 7.94. The van der Waals surface area contributed by atoms with Crippen LogP contribution in [0.1, 0.15) is 11.7 Å². The van der Waals surface area contributed by atoms with Gasteiger partial charge in [-0.15, -0.1) is 0 Å². The zero-order valence-corrected chi connectivity index (χ0v) is 17.1. The summed E-state index contributed by atoms with van der Waals surface area (Å²) in [5.74, 6) is 0. The Morgan fingerprint density at radius 1 is 0.968 bits per heavy atom. The third kappa shape index (κ3) is 3.19. The number of aromatic amines is 1. The smallest absolute Gasteiger partial charge is 0.0977 e. The van der Waals surface area contributed by atoms with E-state index in [9.17, 15) is 0 Å². The minimum atomic E-state index is 0.446. The molecule has 1 saturated heterocycles. The molecule has 152 valence electrons. The number of imidazole rings is 1. The predicted octanol–water partition coefficient (Wildman–Crippen LogP) is 4.00. The fraction of sp³-hybridized carbons (Fsp3) is 0.167. The van der Waals surface area contributed by atoms with Crippen molar-refractivity contribution in [1.82, 2.24) is 35.0 Å². The van der Waals surface area contributed by atoms with E-state index in [0.29, 0.717) is 6.04 Å². The Bertz CT molecular complexity index is 1390. The quantitative estimate of drug-likeness (QED) is 0.470. The molecular weight excluding hydrogens is 386 g/mol. The number of benzene rings is 1. The molecule has 0 atom stereocenters. The van der Waals surface area contributed by atoms with Gasteiger partial charge >= 0.3 is 0 Å². The summed E-state index contributed by atoms with van der Waals surface area (Å²) in [4.78, 5) is 17.2. The van der Waals surface area contributed by atoms with E-state index in [4.69, 9.17) is 0 Å². The maximum atomic E-state index is 4.67. The number of hydrogen-bond donors (Lipinski definition) is 2. The first kappa shape index (κ1) is 18.0. The van der Waals surface area contributed by atoms with Crippen molar-refractivity contribution in [1.29, 1.82) is 0 Å². The van der Waals surface area contributed by atoms with E-state index in [0.717, 1.165) is 63.5 Å². The number of hydrogen-bond acceptors (Lipinski definition) is 5. The lowest BCUT2D eigenvalue weighted by Crippen LogP contribution is -2.43. The topological polar surface area (TPSA) is 84.3 Å². The highest BCUT2D eigenvalue weighted by molar-refractivity contribution is 5.89. The lowest BCUT2D eigenvalue weighted by molar-refractivity contribution is 0.318. The van der Waals surface area contributed by atoms with E-state index in [1.165, 1.54) is 0 Å². The van der Waals surface area contributed by atoms with Crippen molar-refractivity contribution in [2.45, 2.75) is 13.0 Å². The molecule has 4 aromatic heterocycles. The SMILES string of the molecule is Cc1cccc(-c2[nH]cnc2-c2ccc3ncc(-c4cnn(C5CNC5)c4)cc3c2)n1. The first-order valence-electron chi connectivity index (χ1n) is 10.4. The summed E-state index contributed by atoms with van der Waals surface area (Å²) in [7, 11) is 0. The van der Waals surface area contributed by atoms with Gasteiger partial charge in [-0.2, -0.15) is 5.10 Å². The van der Waals surface area contributed by atoms with Crippen molar-refractivity contribution in [3.8, 4) is 33.8 Å². The molecule has 1 aliphatic heterocycles. The van der Waals surface area contributed by atoms with Gasteiger partial charge in [0.1, 0.15) is 0 Å². The predicted molar refractivity (Wildman–Crippen MR) is 120 cm³/mol. The lowest BCUT2D eigenvalue weighted by Gasteiger charge is -2.27. The number of nitrogens with zero attached hydrogens (tertiary/aromatic N) is 5. The number of aromatic nitrogens is 6. The Balaban J connectivity index is 1.39. The van der Waals surface area contributed by atoms with E-state index < -0.39 is 0 Å². The van der Waals surface area contributed by atoms with Crippen LogP contribution in [0, 0.1) is 6.92 Å². The van der Waals surface area contributed by atoms with Gasteiger partial charge in [-0.05, 0) is 37.3 Å². The molecule has 1 aromatic carbocycles. The van der Waals surface area contributed by atoms with Gasteiger partial charge in [0.25, 0.3) is 0 Å². The fourth-order valence-corrected chi connectivity index (χ4v) is 3.97. The van der Waals surface area contributed by atoms with Gasteiger partial charge in [0, 0.05) is 53.3 Å². The summed E-state index contributed by atoms with van der Waals surface area (Å²) in [6.45, 7) is 3.94. The number of pyridine rings is 2. The summed E-state index contributed by atoms with van der Waals surface area (Å²) in [6.07, 6.45) is 7.66. The molecule has 0 radical (unpaired) electrons. The molecule has 0 amide bonds. The highest BCUT2D eigenvalue weighted by atomic mass is 15.3. The maximum absolute atomic E-state index is 4.67. The molecule has 2 N–H and O–H groups in total. The first-order chi connectivity index (χ1) is 15.2. The minimum Gasteiger partial charge on any atom is -0.343 e. The Hall–Kier alpha value is -3.84. The van der Waals surface area contributed by atoms with Gasteiger partial charge in [0.15, 0.2) is 0 Å². The summed E-state index contributed by atoms with van der Waals surface area (Å²) in [5.41, 5.74) is 7.79. The molecule has 0 aliphatic carbocycles. The lowest BCUT2D eigenvalue weighted by atomic mass is 10.0. The van der Waals surface area contributed by atoms with E-state index >= 15 is 0 Å². The molecule has 6 rings (SSSR count). The van der Waals surface area contributed by atoms with E-state index in [-0.39, 0.29) is 0 Å². The van der Waals surface area contributed by atoms with Crippen LogP contribution in [0.25, 0.3) is 44.7 Å². The van der Waals surface area contributed by atoms with E-state index in [2.05, 4.69) is 54.7 Å².